The van der Waals surface area contributed by atoms with E-state index in [1.165, 1.54) is 22.5 Å². The normalized spacial score (nSPS) is 15.8. The number of rotatable bonds is 6. The molecule has 1 aliphatic heterocycles. The lowest BCUT2D eigenvalue weighted by Crippen LogP contribution is -2.48. The summed E-state index contributed by atoms with van der Waals surface area (Å²) in [6.45, 7) is 2.13. The fraction of sp³-hybridized carbons (Fsp3) is 0.300. The molecule has 1 saturated heterocycles. The van der Waals surface area contributed by atoms with Gasteiger partial charge in [0.05, 0.1) is 18.7 Å². The molecular formula is C20H22FN5O3S2. The summed E-state index contributed by atoms with van der Waals surface area (Å²) < 4.78 is 47.7. The van der Waals surface area contributed by atoms with E-state index in [0.29, 0.717) is 43.4 Å². The van der Waals surface area contributed by atoms with E-state index in [1.807, 2.05) is 24.3 Å². The Labute approximate surface area is 184 Å². The number of hydrogen-bond donors (Lipinski definition) is 1. The van der Waals surface area contributed by atoms with Crippen molar-refractivity contribution in [2.75, 3.05) is 33.3 Å². The molecule has 164 valence electrons. The number of H-pyrrole nitrogens is 1. The van der Waals surface area contributed by atoms with Gasteiger partial charge < -0.3 is 4.74 Å². The largest absolute Gasteiger partial charge is 0.497 e. The number of benzene rings is 2. The van der Waals surface area contributed by atoms with Crippen molar-refractivity contribution in [3.63, 3.8) is 0 Å². The van der Waals surface area contributed by atoms with Gasteiger partial charge in [0, 0.05) is 31.7 Å². The molecule has 1 aromatic heterocycles. The van der Waals surface area contributed by atoms with Gasteiger partial charge >= 0.3 is 0 Å². The molecule has 1 N–H and O–H groups in total. The van der Waals surface area contributed by atoms with Crippen LogP contribution < -0.4 is 4.74 Å². The number of piperazine rings is 1. The van der Waals surface area contributed by atoms with Crippen molar-refractivity contribution in [1.82, 2.24) is 24.0 Å². The predicted molar refractivity (Wildman–Crippen MR) is 116 cm³/mol. The van der Waals surface area contributed by atoms with Gasteiger partial charge in [0.1, 0.15) is 11.6 Å². The van der Waals surface area contributed by atoms with Crippen molar-refractivity contribution in [3.8, 4) is 17.1 Å². The topological polar surface area (TPSA) is 83.5 Å². The second-order valence-corrected chi connectivity index (χ2v) is 9.44. The average Bonchev–Trinajstić information content (AvgIpc) is 3.14. The molecule has 1 fully saturated rings. The number of nitrogens with one attached hydrogen (secondary N) is 1. The number of aromatic amines is 1. The molecule has 4 rings (SSSR count). The summed E-state index contributed by atoms with van der Waals surface area (Å²) in [6, 6.07) is 12.6. The first-order valence-corrected chi connectivity index (χ1v) is 11.5. The molecule has 8 nitrogen and oxygen atoms in total. The zero-order chi connectivity index (χ0) is 22.0. The van der Waals surface area contributed by atoms with E-state index in [0.717, 1.165) is 17.4 Å². The summed E-state index contributed by atoms with van der Waals surface area (Å²) >= 11 is 5.38. The van der Waals surface area contributed by atoms with Gasteiger partial charge in [-0.05, 0) is 54.7 Å². The van der Waals surface area contributed by atoms with Crippen LogP contribution >= 0.6 is 12.2 Å². The van der Waals surface area contributed by atoms with Crippen molar-refractivity contribution in [2.45, 2.75) is 11.6 Å². The Hall–Kier alpha value is -2.60. The van der Waals surface area contributed by atoms with Crippen LogP contribution in [0.3, 0.4) is 0 Å². The number of methoxy groups -OCH3 is 1. The van der Waals surface area contributed by atoms with E-state index in [-0.39, 0.29) is 4.90 Å². The van der Waals surface area contributed by atoms with Crippen LogP contribution in [-0.4, -0.2) is 65.7 Å². The van der Waals surface area contributed by atoms with Crippen LogP contribution in [0.2, 0.25) is 0 Å². The zero-order valence-corrected chi connectivity index (χ0v) is 18.5. The lowest BCUT2D eigenvalue weighted by atomic mass is 10.2. The van der Waals surface area contributed by atoms with E-state index >= 15 is 0 Å². The Morgan fingerprint density at radius 2 is 1.84 bits per heavy atom. The van der Waals surface area contributed by atoms with Crippen LogP contribution in [0.25, 0.3) is 11.4 Å². The highest BCUT2D eigenvalue weighted by molar-refractivity contribution is 7.89. The zero-order valence-electron chi connectivity index (χ0n) is 16.9. The van der Waals surface area contributed by atoms with Gasteiger partial charge in [-0.3, -0.25) is 10.00 Å². The molecule has 11 heteroatoms. The molecule has 0 unspecified atom stereocenters. The number of sulfonamides is 1. The molecule has 2 heterocycles. The first-order chi connectivity index (χ1) is 14.9. The standard InChI is InChI=1S/C20H22FN5O3S2/c1-29-17-7-5-15(6-8-17)19-22-20(30)26(23-19)14-24-9-11-25(12-10-24)31(27,28)18-4-2-3-16(21)13-18/h2-8,13H,9-12,14H2,1H3,(H,22,23,30). The van der Waals surface area contributed by atoms with Crippen molar-refractivity contribution in [1.29, 1.82) is 0 Å². The first kappa shape index (κ1) is 21.6. The number of hydrogen-bond acceptors (Lipinski definition) is 6. The third-order valence-electron chi connectivity index (χ3n) is 5.15. The Morgan fingerprint density at radius 1 is 1.13 bits per heavy atom. The number of ether oxygens (including phenoxy) is 1. The fourth-order valence-corrected chi connectivity index (χ4v) is 5.07. The highest BCUT2D eigenvalue weighted by Crippen LogP contribution is 2.21. The maximum absolute atomic E-state index is 13.4. The third-order valence-corrected chi connectivity index (χ3v) is 7.36. The minimum atomic E-state index is -3.72. The quantitative estimate of drug-likeness (QED) is 0.566. The van der Waals surface area contributed by atoms with Gasteiger partial charge in [0.15, 0.2) is 5.82 Å². The fourth-order valence-electron chi connectivity index (χ4n) is 3.42. The highest BCUT2D eigenvalue weighted by atomic mass is 32.2. The molecule has 0 atom stereocenters. The van der Waals surface area contributed by atoms with Gasteiger partial charge in [-0.2, -0.15) is 9.29 Å². The van der Waals surface area contributed by atoms with Crippen LogP contribution in [-0.2, 0) is 16.7 Å². The second-order valence-electron chi connectivity index (χ2n) is 7.13. The molecule has 0 radical (unpaired) electrons. The van der Waals surface area contributed by atoms with Gasteiger partial charge in [0.2, 0.25) is 14.8 Å². The maximum Gasteiger partial charge on any atom is 0.243 e. The Balaban J connectivity index is 1.41. The molecule has 0 saturated carbocycles. The smallest absolute Gasteiger partial charge is 0.243 e. The molecule has 3 aromatic rings. The van der Waals surface area contributed by atoms with E-state index in [2.05, 4.69) is 15.0 Å². The van der Waals surface area contributed by atoms with Crippen LogP contribution in [0.5, 0.6) is 5.75 Å². The minimum absolute atomic E-state index is 0.0270. The summed E-state index contributed by atoms with van der Waals surface area (Å²) in [5, 5.41) is 3.20. The highest BCUT2D eigenvalue weighted by Gasteiger charge is 2.29. The van der Waals surface area contributed by atoms with Crippen molar-refractivity contribution in [2.24, 2.45) is 0 Å². The summed E-state index contributed by atoms with van der Waals surface area (Å²) in [5.41, 5.74) is 0.886. The van der Waals surface area contributed by atoms with Crippen LogP contribution in [0.1, 0.15) is 0 Å². The molecular weight excluding hydrogens is 441 g/mol. The Bertz CT molecular complexity index is 1220. The SMILES string of the molecule is COc1ccc(-c2nc(=S)n(CN3CCN(S(=O)(=O)c4cccc(F)c4)CC3)[nH]2)cc1. The average molecular weight is 464 g/mol. The van der Waals surface area contributed by atoms with Crippen molar-refractivity contribution < 1.29 is 17.5 Å². The molecule has 0 spiro atoms. The minimum Gasteiger partial charge on any atom is -0.497 e. The first-order valence-electron chi connectivity index (χ1n) is 9.66. The molecule has 1 aliphatic rings. The van der Waals surface area contributed by atoms with Crippen molar-refractivity contribution >= 4 is 22.2 Å². The summed E-state index contributed by atoms with van der Waals surface area (Å²) in [6.07, 6.45) is 0. The van der Waals surface area contributed by atoms with E-state index < -0.39 is 15.8 Å². The second kappa shape index (κ2) is 8.87. The van der Waals surface area contributed by atoms with E-state index in [4.69, 9.17) is 17.0 Å². The van der Waals surface area contributed by atoms with Gasteiger partial charge in [-0.15, -0.1) is 0 Å². The van der Waals surface area contributed by atoms with Crippen molar-refractivity contribution in [3.05, 3.63) is 59.1 Å². The molecule has 0 amide bonds. The van der Waals surface area contributed by atoms with Gasteiger partial charge in [-0.1, -0.05) is 6.07 Å². The van der Waals surface area contributed by atoms with E-state index in [9.17, 15) is 12.8 Å². The van der Waals surface area contributed by atoms with Crippen LogP contribution in [0.15, 0.2) is 53.4 Å². The monoisotopic (exact) mass is 463 g/mol. The van der Waals surface area contributed by atoms with E-state index in [1.54, 1.807) is 11.8 Å². The Morgan fingerprint density at radius 3 is 2.48 bits per heavy atom. The molecule has 2 aromatic carbocycles. The number of aromatic nitrogens is 3. The molecule has 0 bridgehead atoms. The third kappa shape index (κ3) is 4.69. The molecule has 0 aliphatic carbocycles. The lowest BCUT2D eigenvalue weighted by molar-refractivity contribution is 0.145. The number of halogens is 1. The number of nitrogens with zero attached hydrogens (tertiary/aromatic N) is 4. The maximum atomic E-state index is 13.4. The summed E-state index contributed by atoms with van der Waals surface area (Å²) in [4.78, 5) is 6.48. The lowest BCUT2D eigenvalue weighted by Gasteiger charge is -2.33. The Kier molecular flexibility index (Phi) is 6.19. The molecule has 31 heavy (non-hydrogen) atoms. The van der Waals surface area contributed by atoms with Crippen LogP contribution in [0.4, 0.5) is 4.39 Å². The summed E-state index contributed by atoms with van der Waals surface area (Å²) in [7, 11) is -2.11. The van der Waals surface area contributed by atoms with Gasteiger partial charge in [0.25, 0.3) is 0 Å². The van der Waals surface area contributed by atoms with Gasteiger partial charge in [-0.25, -0.2) is 17.5 Å². The predicted octanol–water partition coefficient (Wildman–Crippen LogP) is 2.72. The summed E-state index contributed by atoms with van der Waals surface area (Å²) in [5.74, 6) is 0.841. The van der Waals surface area contributed by atoms with Crippen LogP contribution in [0, 0.1) is 10.6 Å².